The van der Waals surface area contributed by atoms with Gasteiger partial charge < -0.3 is 15.4 Å². The Morgan fingerprint density at radius 1 is 1.33 bits per heavy atom. The molecule has 0 aliphatic heterocycles. The average molecular weight is 331 g/mol. The fourth-order valence-electron chi connectivity index (χ4n) is 2.13. The molecule has 24 heavy (non-hydrogen) atoms. The molecular formula is C16H21N5O3. The number of nitrogens with one attached hydrogen (secondary N) is 2. The SMILES string of the molecule is CCC(C)Nc1ncnc(Nc2cc(C)ccc2OC)c1[N+](=O)[O-]. The van der Waals surface area contributed by atoms with Gasteiger partial charge in [0.2, 0.25) is 11.6 Å². The quantitative estimate of drug-likeness (QED) is 0.589. The van der Waals surface area contributed by atoms with Crippen molar-refractivity contribution in [3.63, 3.8) is 0 Å². The number of rotatable bonds is 7. The van der Waals surface area contributed by atoms with Crippen molar-refractivity contribution < 1.29 is 9.66 Å². The summed E-state index contributed by atoms with van der Waals surface area (Å²) in [5.41, 5.74) is 1.41. The smallest absolute Gasteiger partial charge is 0.353 e. The van der Waals surface area contributed by atoms with Crippen molar-refractivity contribution in [2.24, 2.45) is 0 Å². The second-order valence-electron chi connectivity index (χ2n) is 5.46. The first kappa shape index (κ1) is 17.5. The molecule has 0 radical (unpaired) electrons. The molecule has 2 N–H and O–H groups in total. The maximum atomic E-state index is 11.5. The lowest BCUT2D eigenvalue weighted by Crippen LogP contribution is -2.16. The second-order valence-corrected chi connectivity index (χ2v) is 5.46. The third-order valence-electron chi connectivity index (χ3n) is 3.61. The summed E-state index contributed by atoms with van der Waals surface area (Å²) in [6, 6.07) is 5.59. The summed E-state index contributed by atoms with van der Waals surface area (Å²) in [4.78, 5) is 19.1. The van der Waals surface area contributed by atoms with E-state index < -0.39 is 4.92 Å². The summed E-state index contributed by atoms with van der Waals surface area (Å²) < 4.78 is 5.29. The molecule has 0 amide bonds. The number of nitro groups is 1. The van der Waals surface area contributed by atoms with Crippen LogP contribution in [-0.4, -0.2) is 28.0 Å². The van der Waals surface area contributed by atoms with Gasteiger partial charge in [-0.2, -0.15) is 0 Å². The summed E-state index contributed by atoms with van der Waals surface area (Å²) in [6.45, 7) is 5.85. The van der Waals surface area contributed by atoms with Crippen LogP contribution in [0.5, 0.6) is 5.75 Å². The van der Waals surface area contributed by atoms with E-state index in [0.717, 1.165) is 12.0 Å². The van der Waals surface area contributed by atoms with Gasteiger partial charge in [-0.1, -0.05) is 13.0 Å². The molecule has 128 valence electrons. The van der Waals surface area contributed by atoms with Gasteiger partial charge in [0, 0.05) is 6.04 Å². The van der Waals surface area contributed by atoms with E-state index in [1.165, 1.54) is 6.33 Å². The molecule has 2 rings (SSSR count). The Hall–Kier alpha value is -2.90. The minimum absolute atomic E-state index is 0.0555. The Bertz CT molecular complexity index is 736. The van der Waals surface area contributed by atoms with Crippen LogP contribution in [0.3, 0.4) is 0 Å². The van der Waals surface area contributed by atoms with Crippen LogP contribution >= 0.6 is 0 Å². The number of benzene rings is 1. The third-order valence-corrected chi connectivity index (χ3v) is 3.61. The van der Waals surface area contributed by atoms with Crippen LogP contribution in [-0.2, 0) is 0 Å². The van der Waals surface area contributed by atoms with Crippen LogP contribution < -0.4 is 15.4 Å². The van der Waals surface area contributed by atoms with Gasteiger partial charge >= 0.3 is 5.69 Å². The molecule has 0 fully saturated rings. The minimum atomic E-state index is -0.491. The average Bonchev–Trinajstić information content (AvgIpc) is 2.54. The van der Waals surface area contributed by atoms with Crippen molar-refractivity contribution in [2.75, 3.05) is 17.7 Å². The molecule has 1 aromatic heterocycles. The summed E-state index contributed by atoms with van der Waals surface area (Å²) in [5, 5.41) is 17.6. The van der Waals surface area contributed by atoms with E-state index >= 15 is 0 Å². The maximum absolute atomic E-state index is 11.5. The highest BCUT2D eigenvalue weighted by Crippen LogP contribution is 2.34. The minimum Gasteiger partial charge on any atom is -0.495 e. The Morgan fingerprint density at radius 3 is 2.67 bits per heavy atom. The summed E-state index contributed by atoms with van der Waals surface area (Å²) in [7, 11) is 1.54. The molecule has 1 aromatic carbocycles. The van der Waals surface area contributed by atoms with Gasteiger partial charge in [0.05, 0.1) is 17.7 Å². The zero-order valence-electron chi connectivity index (χ0n) is 14.2. The zero-order valence-corrected chi connectivity index (χ0v) is 14.2. The van der Waals surface area contributed by atoms with Gasteiger partial charge in [0.1, 0.15) is 12.1 Å². The molecule has 8 nitrogen and oxygen atoms in total. The molecule has 8 heteroatoms. The van der Waals surface area contributed by atoms with E-state index in [9.17, 15) is 10.1 Å². The van der Waals surface area contributed by atoms with Gasteiger partial charge in [0.15, 0.2) is 0 Å². The van der Waals surface area contributed by atoms with Crippen LogP contribution in [0.2, 0.25) is 0 Å². The number of hydrogen-bond acceptors (Lipinski definition) is 7. The first-order valence-corrected chi connectivity index (χ1v) is 7.63. The number of hydrogen-bond donors (Lipinski definition) is 2. The standard InChI is InChI=1S/C16H21N5O3/c1-5-11(3)19-15-14(21(22)23)16(18-9-17-15)20-12-8-10(2)6-7-13(12)24-4/h6-9,11H,5H2,1-4H3,(H2,17,18,19,20). The fourth-order valence-corrected chi connectivity index (χ4v) is 2.13. The second kappa shape index (κ2) is 7.58. The molecule has 0 saturated carbocycles. The summed E-state index contributed by atoms with van der Waals surface area (Å²) in [6.07, 6.45) is 2.11. The van der Waals surface area contributed by atoms with Crippen LogP contribution in [0, 0.1) is 17.0 Å². The summed E-state index contributed by atoms with van der Waals surface area (Å²) in [5.74, 6) is 0.883. The van der Waals surface area contributed by atoms with Crippen molar-refractivity contribution in [2.45, 2.75) is 33.2 Å². The Kier molecular flexibility index (Phi) is 5.51. The number of aryl methyl sites for hydroxylation is 1. The molecule has 0 bridgehead atoms. The van der Waals surface area contributed by atoms with Crippen molar-refractivity contribution in [3.8, 4) is 5.75 Å². The fraction of sp³-hybridized carbons (Fsp3) is 0.375. The largest absolute Gasteiger partial charge is 0.495 e. The Morgan fingerprint density at radius 2 is 2.04 bits per heavy atom. The zero-order chi connectivity index (χ0) is 17.7. The molecular weight excluding hydrogens is 310 g/mol. The van der Waals surface area contributed by atoms with E-state index in [1.54, 1.807) is 13.2 Å². The number of methoxy groups -OCH3 is 1. The molecule has 1 heterocycles. The third kappa shape index (κ3) is 3.89. The predicted molar refractivity (Wildman–Crippen MR) is 93.1 cm³/mol. The van der Waals surface area contributed by atoms with Crippen molar-refractivity contribution in [1.82, 2.24) is 9.97 Å². The Labute approximate surface area is 140 Å². The van der Waals surface area contributed by atoms with Crippen molar-refractivity contribution >= 4 is 23.0 Å². The monoisotopic (exact) mass is 331 g/mol. The number of ether oxygens (including phenoxy) is 1. The van der Waals surface area contributed by atoms with Gasteiger partial charge in [-0.3, -0.25) is 10.1 Å². The van der Waals surface area contributed by atoms with E-state index in [1.807, 2.05) is 32.9 Å². The van der Waals surface area contributed by atoms with Gasteiger partial charge in [-0.15, -0.1) is 0 Å². The van der Waals surface area contributed by atoms with Crippen LogP contribution in [0.4, 0.5) is 23.0 Å². The van der Waals surface area contributed by atoms with E-state index in [4.69, 9.17) is 4.74 Å². The molecule has 0 spiro atoms. The highest BCUT2D eigenvalue weighted by atomic mass is 16.6. The predicted octanol–water partition coefficient (Wildman–Crippen LogP) is 3.66. The highest BCUT2D eigenvalue weighted by Gasteiger charge is 2.24. The summed E-state index contributed by atoms with van der Waals surface area (Å²) >= 11 is 0. The van der Waals surface area contributed by atoms with Gasteiger partial charge in [0.25, 0.3) is 0 Å². The van der Waals surface area contributed by atoms with E-state index in [-0.39, 0.29) is 23.4 Å². The molecule has 0 aliphatic rings. The number of anilines is 3. The molecule has 0 aliphatic carbocycles. The maximum Gasteiger partial charge on any atom is 0.353 e. The lowest BCUT2D eigenvalue weighted by Gasteiger charge is -2.15. The van der Waals surface area contributed by atoms with Crippen LogP contribution in [0.15, 0.2) is 24.5 Å². The van der Waals surface area contributed by atoms with Gasteiger partial charge in [-0.05, 0) is 38.0 Å². The van der Waals surface area contributed by atoms with Crippen molar-refractivity contribution in [1.29, 1.82) is 0 Å². The van der Waals surface area contributed by atoms with E-state index in [2.05, 4.69) is 20.6 Å². The van der Waals surface area contributed by atoms with Crippen molar-refractivity contribution in [3.05, 3.63) is 40.2 Å². The topological polar surface area (TPSA) is 102 Å². The van der Waals surface area contributed by atoms with Gasteiger partial charge in [-0.25, -0.2) is 9.97 Å². The Balaban J connectivity index is 2.45. The number of nitrogens with zero attached hydrogens (tertiary/aromatic N) is 3. The molecule has 1 atom stereocenters. The first-order chi connectivity index (χ1) is 11.5. The normalized spacial score (nSPS) is 11.7. The molecule has 0 saturated heterocycles. The number of aromatic nitrogens is 2. The van der Waals surface area contributed by atoms with Crippen LogP contribution in [0.25, 0.3) is 0 Å². The van der Waals surface area contributed by atoms with Crippen LogP contribution in [0.1, 0.15) is 25.8 Å². The molecule has 2 aromatic rings. The molecule has 1 unspecified atom stereocenters. The lowest BCUT2D eigenvalue weighted by molar-refractivity contribution is -0.383. The first-order valence-electron chi connectivity index (χ1n) is 7.63. The lowest BCUT2D eigenvalue weighted by atomic mass is 10.2. The van der Waals surface area contributed by atoms with E-state index in [0.29, 0.717) is 11.4 Å². The highest BCUT2D eigenvalue weighted by molar-refractivity contribution is 5.76.